The van der Waals surface area contributed by atoms with Gasteiger partial charge in [-0.3, -0.25) is 0 Å². The van der Waals surface area contributed by atoms with Crippen LogP contribution in [-0.4, -0.2) is 36.5 Å². The molecule has 0 aromatic carbocycles. The van der Waals surface area contributed by atoms with Gasteiger partial charge in [-0.25, -0.2) is 4.68 Å². The standard InChI is InChI=1S/C8H14N6OS/c1-2-6(7(9)11-15)16-8-10-12-13-14(8)5-3-4-5/h5-6,15H,2-4H2,1H3,(H2,9,11). The molecule has 3 N–H and O–H groups in total. The number of nitrogens with two attached hydrogens (primary N) is 1. The molecule has 0 amide bonds. The zero-order chi connectivity index (χ0) is 11.5. The lowest BCUT2D eigenvalue weighted by Crippen LogP contribution is -2.26. The van der Waals surface area contributed by atoms with E-state index in [9.17, 15) is 0 Å². The van der Waals surface area contributed by atoms with Crippen molar-refractivity contribution >= 4 is 17.6 Å². The second kappa shape index (κ2) is 4.69. The number of hydrogen-bond acceptors (Lipinski definition) is 6. The Morgan fingerprint density at radius 3 is 3.06 bits per heavy atom. The van der Waals surface area contributed by atoms with E-state index in [0.717, 1.165) is 24.4 Å². The Morgan fingerprint density at radius 1 is 1.75 bits per heavy atom. The molecule has 1 atom stereocenters. The quantitative estimate of drug-likeness (QED) is 0.258. The number of oxime groups is 1. The number of aromatic nitrogens is 4. The molecule has 0 spiro atoms. The summed E-state index contributed by atoms with van der Waals surface area (Å²) in [5.41, 5.74) is 5.59. The molecule has 1 fully saturated rings. The van der Waals surface area contributed by atoms with Crippen molar-refractivity contribution in [1.29, 1.82) is 0 Å². The van der Waals surface area contributed by atoms with Crippen molar-refractivity contribution in [1.82, 2.24) is 20.2 Å². The third kappa shape index (κ3) is 2.26. The molecule has 1 aliphatic carbocycles. The molecule has 1 saturated carbocycles. The van der Waals surface area contributed by atoms with Crippen LogP contribution in [0, 0.1) is 0 Å². The van der Waals surface area contributed by atoms with Crippen LogP contribution in [0.5, 0.6) is 0 Å². The molecule has 0 bridgehead atoms. The van der Waals surface area contributed by atoms with Gasteiger partial charge in [0.1, 0.15) is 0 Å². The summed E-state index contributed by atoms with van der Waals surface area (Å²) in [5.74, 6) is 0.206. The van der Waals surface area contributed by atoms with E-state index in [0.29, 0.717) is 6.04 Å². The van der Waals surface area contributed by atoms with Crippen LogP contribution in [0.15, 0.2) is 10.3 Å². The average molecular weight is 242 g/mol. The number of nitrogens with zero attached hydrogens (tertiary/aromatic N) is 5. The van der Waals surface area contributed by atoms with Gasteiger partial charge in [0.25, 0.3) is 0 Å². The highest BCUT2D eigenvalue weighted by Gasteiger charge is 2.29. The number of rotatable bonds is 5. The fraction of sp³-hybridized carbons (Fsp3) is 0.750. The van der Waals surface area contributed by atoms with E-state index in [2.05, 4.69) is 20.7 Å². The second-order valence-corrected chi connectivity index (χ2v) is 4.85. The molecule has 1 aliphatic rings. The number of thioether (sulfide) groups is 1. The van der Waals surface area contributed by atoms with E-state index in [-0.39, 0.29) is 11.1 Å². The lowest BCUT2D eigenvalue weighted by molar-refractivity contribution is 0.317. The van der Waals surface area contributed by atoms with Crippen LogP contribution in [0.3, 0.4) is 0 Å². The smallest absolute Gasteiger partial charge is 0.210 e. The molecular weight excluding hydrogens is 228 g/mol. The Morgan fingerprint density at radius 2 is 2.50 bits per heavy atom. The van der Waals surface area contributed by atoms with E-state index < -0.39 is 0 Å². The van der Waals surface area contributed by atoms with Gasteiger partial charge in [0, 0.05) is 0 Å². The van der Waals surface area contributed by atoms with Gasteiger partial charge in [0.05, 0.1) is 11.3 Å². The third-order valence-electron chi connectivity index (χ3n) is 2.42. The number of amidine groups is 1. The van der Waals surface area contributed by atoms with E-state index in [4.69, 9.17) is 10.9 Å². The first-order valence-electron chi connectivity index (χ1n) is 5.18. The number of hydrogen-bond donors (Lipinski definition) is 2. The number of tetrazole rings is 1. The molecule has 16 heavy (non-hydrogen) atoms. The van der Waals surface area contributed by atoms with E-state index in [1.165, 1.54) is 11.8 Å². The molecule has 1 unspecified atom stereocenters. The lowest BCUT2D eigenvalue weighted by Gasteiger charge is -2.11. The molecule has 1 aromatic heterocycles. The summed E-state index contributed by atoms with van der Waals surface area (Å²) in [5, 5.41) is 23.9. The van der Waals surface area contributed by atoms with Crippen molar-refractivity contribution in [3.05, 3.63) is 0 Å². The molecule has 1 aromatic rings. The molecule has 88 valence electrons. The molecular formula is C8H14N6OS. The molecule has 0 saturated heterocycles. The lowest BCUT2D eigenvalue weighted by atomic mass is 10.3. The maximum absolute atomic E-state index is 8.65. The second-order valence-electron chi connectivity index (χ2n) is 3.68. The molecule has 0 aliphatic heterocycles. The Bertz CT molecular complexity index is 388. The monoisotopic (exact) mass is 242 g/mol. The minimum Gasteiger partial charge on any atom is -0.409 e. The highest BCUT2D eigenvalue weighted by atomic mass is 32.2. The zero-order valence-corrected chi connectivity index (χ0v) is 9.76. The summed E-state index contributed by atoms with van der Waals surface area (Å²) >= 11 is 1.43. The van der Waals surface area contributed by atoms with Crippen LogP contribution in [0.25, 0.3) is 0 Å². The molecule has 2 rings (SSSR count). The fourth-order valence-electron chi connectivity index (χ4n) is 1.36. The highest BCUT2D eigenvalue weighted by Crippen LogP contribution is 2.37. The summed E-state index contributed by atoms with van der Waals surface area (Å²) in [6.45, 7) is 1.97. The van der Waals surface area contributed by atoms with Gasteiger partial charge >= 0.3 is 0 Å². The van der Waals surface area contributed by atoms with Gasteiger partial charge in [-0.05, 0) is 29.7 Å². The third-order valence-corrected chi connectivity index (χ3v) is 3.76. The van der Waals surface area contributed by atoms with Crippen LogP contribution in [-0.2, 0) is 0 Å². The van der Waals surface area contributed by atoms with E-state index in [1.54, 1.807) is 0 Å². The van der Waals surface area contributed by atoms with Gasteiger partial charge in [0.2, 0.25) is 5.16 Å². The largest absolute Gasteiger partial charge is 0.409 e. The van der Waals surface area contributed by atoms with E-state index >= 15 is 0 Å². The summed E-state index contributed by atoms with van der Waals surface area (Å²) in [7, 11) is 0. The summed E-state index contributed by atoms with van der Waals surface area (Å²) < 4.78 is 1.82. The maximum Gasteiger partial charge on any atom is 0.210 e. The SMILES string of the molecule is CCC(Sc1nnnn1C1CC1)C(N)=NO. The van der Waals surface area contributed by atoms with Crippen LogP contribution >= 0.6 is 11.8 Å². The van der Waals surface area contributed by atoms with Gasteiger partial charge in [-0.15, -0.1) is 5.10 Å². The highest BCUT2D eigenvalue weighted by molar-refractivity contribution is 8.00. The molecule has 8 heteroatoms. The average Bonchev–Trinajstić information content (AvgIpc) is 3.05. The van der Waals surface area contributed by atoms with Gasteiger partial charge in [-0.1, -0.05) is 23.8 Å². The topological polar surface area (TPSA) is 102 Å². The van der Waals surface area contributed by atoms with Crippen LogP contribution < -0.4 is 5.73 Å². The molecule has 1 heterocycles. The maximum atomic E-state index is 8.65. The zero-order valence-electron chi connectivity index (χ0n) is 8.94. The fourth-order valence-corrected chi connectivity index (χ4v) is 2.32. The Kier molecular flexibility index (Phi) is 3.28. The Labute approximate surface area is 97.1 Å². The summed E-state index contributed by atoms with van der Waals surface area (Å²) in [4.78, 5) is 0. The predicted octanol–water partition coefficient (Wildman–Crippen LogP) is 0.625. The van der Waals surface area contributed by atoms with Gasteiger partial charge in [-0.2, -0.15) is 0 Å². The first-order valence-corrected chi connectivity index (χ1v) is 6.06. The van der Waals surface area contributed by atoms with Gasteiger partial charge < -0.3 is 10.9 Å². The summed E-state index contributed by atoms with van der Waals surface area (Å²) in [6.07, 6.45) is 3.01. The summed E-state index contributed by atoms with van der Waals surface area (Å²) in [6, 6.07) is 0.433. The van der Waals surface area contributed by atoms with Crippen LogP contribution in [0.4, 0.5) is 0 Å². The van der Waals surface area contributed by atoms with Gasteiger partial charge in [0.15, 0.2) is 5.84 Å². The van der Waals surface area contributed by atoms with Crippen LogP contribution in [0.1, 0.15) is 32.2 Å². The minimum atomic E-state index is -0.0894. The minimum absolute atomic E-state index is 0.0894. The predicted molar refractivity (Wildman–Crippen MR) is 59.4 cm³/mol. The van der Waals surface area contributed by atoms with Crippen molar-refractivity contribution in [3.63, 3.8) is 0 Å². The normalized spacial score (nSPS) is 18.7. The van der Waals surface area contributed by atoms with Crippen molar-refractivity contribution < 1.29 is 5.21 Å². The van der Waals surface area contributed by atoms with Crippen molar-refractivity contribution in [3.8, 4) is 0 Å². The van der Waals surface area contributed by atoms with Crippen molar-refractivity contribution in [2.45, 2.75) is 42.6 Å². The van der Waals surface area contributed by atoms with Crippen molar-refractivity contribution in [2.24, 2.45) is 10.9 Å². The first kappa shape index (κ1) is 11.2. The van der Waals surface area contributed by atoms with Crippen LogP contribution in [0.2, 0.25) is 0 Å². The Hall–Kier alpha value is -1.31. The molecule has 7 nitrogen and oxygen atoms in total. The van der Waals surface area contributed by atoms with Crippen molar-refractivity contribution in [2.75, 3.05) is 0 Å². The Balaban J connectivity index is 2.09. The molecule has 0 radical (unpaired) electrons. The first-order chi connectivity index (χ1) is 7.76. The van der Waals surface area contributed by atoms with E-state index in [1.807, 2.05) is 11.6 Å².